The Balaban J connectivity index is 2.37. The van der Waals surface area contributed by atoms with E-state index in [0.29, 0.717) is 5.76 Å². The Morgan fingerprint density at radius 3 is 2.71 bits per heavy atom. The lowest BCUT2D eigenvalue weighted by molar-refractivity contribution is 0.0691. The zero-order valence-corrected chi connectivity index (χ0v) is 12.7. The number of rotatable bonds is 5. The van der Waals surface area contributed by atoms with Gasteiger partial charge in [-0.15, -0.1) is 0 Å². The van der Waals surface area contributed by atoms with E-state index in [9.17, 15) is 17.6 Å². The summed E-state index contributed by atoms with van der Waals surface area (Å²) in [7, 11) is -4.22. The predicted molar refractivity (Wildman–Crippen MR) is 73.8 cm³/mol. The first-order valence-corrected chi connectivity index (χ1v) is 7.83. The van der Waals surface area contributed by atoms with Gasteiger partial charge in [-0.3, -0.25) is 0 Å². The van der Waals surface area contributed by atoms with Crippen LogP contribution in [0, 0.1) is 5.82 Å². The first-order chi connectivity index (χ1) is 9.81. The summed E-state index contributed by atoms with van der Waals surface area (Å²) < 4.78 is 45.4. The topological polar surface area (TPSA) is 96.6 Å². The number of benzene rings is 1. The largest absolute Gasteiger partial charge is 0.478 e. The molecular weight excluding hydrogens is 369 g/mol. The lowest BCUT2D eigenvalue weighted by Crippen LogP contribution is -2.24. The van der Waals surface area contributed by atoms with E-state index < -0.39 is 32.3 Å². The second kappa shape index (κ2) is 5.96. The molecule has 6 nitrogen and oxygen atoms in total. The van der Waals surface area contributed by atoms with Crippen molar-refractivity contribution in [2.45, 2.75) is 11.4 Å². The standard InChI is InChI=1S/C12H9BrFNO5S/c13-7-4-9(12(16)17)11(14)10(5-7)21(18,19)15-6-8-2-1-3-20-8/h1-5,15H,6H2,(H,16,17). The number of carboxylic acid groups (broad SMARTS) is 1. The Bertz CT molecular complexity index is 773. The van der Waals surface area contributed by atoms with E-state index >= 15 is 0 Å². The zero-order valence-electron chi connectivity index (χ0n) is 10.3. The Hall–Kier alpha value is -1.71. The highest BCUT2D eigenvalue weighted by Crippen LogP contribution is 2.24. The molecule has 0 amide bonds. The molecule has 2 rings (SSSR count). The van der Waals surface area contributed by atoms with Crippen LogP contribution in [-0.2, 0) is 16.6 Å². The Morgan fingerprint density at radius 2 is 2.14 bits per heavy atom. The summed E-state index contributed by atoms with van der Waals surface area (Å²) in [5.41, 5.74) is -0.734. The summed E-state index contributed by atoms with van der Waals surface area (Å²) in [5.74, 6) is -2.54. The maximum Gasteiger partial charge on any atom is 0.338 e. The molecule has 0 spiro atoms. The van der Waals surface area contributed by atoms with Crippen molar-refractivity contribution >= 4 is 31.9 Å². The Labute approximate surface area is 127 Å². The van der Waals surface area contributed by atoms with Crippen LogP contribution in [0.15, 0.2) is 44.3 Å². The molecule has 0 aliphatic heterocycles. The van der Waals surface area contributed by atoms with Crippen LogP contribution in [0.25, 0.3) is 0 Å². The minimum atomic E-state index is -4.22. The minimum Gasteiger partial charge on any atom is -0.478 e. The van der Waals surface area contributed by atoms with E-state index in [2.05, 4.69) is 20.7 Å². The van der Waals surface area contributed by atoms with Crippen LogP contribution in [0.4, 0.5) is 4.39 Å². The third-order valence-corrected chi connectivity index (χ3v) is 4.40. The van der Waals surface area contributed by atoms with Crippen molar-refractivity contribution in [1.82, 2.24) is 4.72 Å². The molecule has 0 radical (unpaired) electrons. The van der Waals surface area contributed by atoms with Crippen molar-refractivity contribution in [3.8, 4) is 0 Å². The number of hydrogen-bond acceptors (Lipinski definition) is 4. The summed E-state index contributed by atoms with van der Waals surface area (Å²) in [4.78, 5) is 10.2. The molecule has 0 unspecified atom stereocenters. The smallest absolute Gasteiger partial charge is 0.338 e. The Morgan fingerprint density at radius 1 is 1.43 bits per heavy atom. The molecule has 2 N–H and O–H groups in total. The molecule has 0 atom stereocenters. The normalized spacial score (nSPS) is 11.5. The van der Waals surface area contributed by atoms with Crippen molar-refractivity contribution in [3.63, 3.8) is 0 Å². The van der Waals surface area contributed by atoms with E-state index in [1.54, 1.807) is 12.1 Å². The fourth-order valence-electron chi connectivity index (χ4n) is 1.57. The number of halogens is 2. The van der Waals surface area contributed by atoms with Crippen LogP contribution >= 0.6 is 15.9 Å². The predicted octanol–water partition coefficient (Wildman–Crippen LogP) is 2.36. The molecule has 1 aromatic heterocycles. The molecule has 0 fully saturated rings. The lowest BCUT2D eigenvalue weighted by atomic mass is 10.2. The number of sulfonamides is 1. The second-order valence-electron chi connectivity index (χ2n) is 3.97. The van der Waals surface area contributed by atoms with Crippen molar-refractivity contribution in [2.75, 3.05) is 0 Å². The monoisotopic (exact) mass is 377 g/mol. The first kappa shape index (κ1) is 15.7. The molecule has 21 heavy (non-hydrogen) atoms. The maximum atomic E-state index is 14.0. The van der Waals surface area contributed by atoms with Crippen molar-refractivity contribution in [3.05, 3.63) is 52.1 Å². The van der Waals surface area contributed by atoms with Crippen LogP contribution in [0.2, 0.25) is 0 Å². The van der Waals surface area contributed by atoms with E-state index in [4.69, 9.17) is 9.52 Å². The van der Waals surface area contributed by atoms with Gasteiger partial charge < -0.3 is 9.52 Å². The molecule has 0 saturated carbocycles. The summed E-state index contributed by atoms with van der Waals surface area (Å²) in [5, 5.41) is 8.87. The van der Waals surface area contributed by atoms with Crippen LogP contribution in [0.3, 0.4) is 0 Å². The fourth-order valence-corrected chi connectivity index (χ4v) is 3.30. The number of aromatic carboxylic acids is 1. The molecule has 0 aliphatic carbocycles. The molecule has 9 heteroatoms. The number of carbonyl (C=O) groups is 1. The van der Waals surface area contributed by atoms with Gasteiger partial charge in [0.2, 0.25) is 10.0 Å². The van der Waals surface area contributed by atoms with E-state index in [1.165, 1.54) is 6.26 Å². The molecule has 112 valence electrons. The number of carboxylic acids is 1. The van der Waals surface area contributed by atoms with E-state index in [1.807, 2.05) is 0 Å². The maximum absolute atomic E-state index is 14.0. The van der Waals surface area contributed by atoms with Gasteiger partial charge in [0, 0.05) is 4.47 Å². The highest BCUT2D eigenvalue weighted by Gasteiger charge is 2.25. The van der Waals surface area contributed by atoms with E-state index in [-0.39, 0.29) is 11.0 Å². The van der Waals surface area contributed by atoms with Gasteiger partial charge in [0.05, 0.1) is 18.4 Å². The molecule has 0 aliphatic rings. The summed E-state index contributed by atoms with van der Waals surface area (Å²) in [6.45, 7) is -0.177. The second-order valence-corrected chi connectivity index (χ2v) is 6.63. The van der Waals surface area contributed by atoms with Gasteiger partial charge in [0.1, 0.15) is 10.7 Å². The number of furan rings is 1. The zero-order chi connectivity index (χ0) is 15.6. The summed E-state index contributed by atoms with van der Waals surface area (Å²) in [6.07, 6.45) is 1.37. The number of hydrogen-bond donors (Lipinski definition) is 2. The summed E-state index contributed by atoms with van der Waals surface area (Å²) >= 11 is 2.96. The van der Waals surface area contributed by atoms with Gasteiger partial charge in [-0.2, -0.15) is 0 Å². The molecule has 0 saturated heterocycles. The molecule has 2 aromatic rings. The van der Waals surface area contributed by atoms with Crippen LogP contribution < -0.4 is 4.72 Å². The fraction of sp³-hybridized carbons (Fsp3) is 0.0833. The van der Waals surface area contributed by atoms with Crippen LogP contribution in [-0.4, -0.2) is 19.5 Å². The highest BCUT2D eigenvalue weighted by molar-refractivity contribution is 9.10. The quantitative estimate of drug-likeness (QED) is 0.833. The Kier molecular flexibility index (Phi) is 4.45. The van der Waals surface area contributed by atoms with Gasteiger partial charge >= 0.3 is 5.97 Å². The minimum absolute atomic E-state index is 0.139. The van der Waals surface area contributed by atoms with Gasteiger partial charge in [0.25, 0.3) is 0 Å². The van der Waals surface area contributed by atoms with Crippen molar-refractivity contribution < 1.29 is 27.1 Å². The van der Waals surface area contributed by atoms with Crippen molar-refractivity contribution in [1.29, 1.82) is 0 Å². The van der Waals surface area contributed by atoms with Gasteiger partial charge in [-0.05, 0) is 24.3 Å². The van der Waals surface area contributed by atoms with Crippen LogP contribution in [0.1, 0.15) is 16.1 Å². The lowest BCUT2D eigenvalue weighted by Gasteiger charge is -2.09. The third kappa shape index (κ3) is 3.49. The highest BCUT2D eigenvalue weighted by atomic mass is 79.9. The average molecular weight is 378 g/mol. The van der Waals surface area contributed by atoms with Gasteiger partial charge in [-0.25, -0.2) is 22.3 Å². The van der Waals surface area contributed by atoms with Gasteiger partial charge in [0.15, 0.2) is 5.82 Å². The molecular formula is C12H9BrFNO5S. The molecule has 1 aromatic carbocycles. The first-order valence-electron chi connectivity index (χ1n) is 5.55. The molecule has 1 heterocycles. The number of nitrogens with one attached hydrogen (secondary N) is 1. The van der Waals surface area contributed by atoms with Crippen molar-refractivity contribution in [2.24, 2.45) is 0 Å². The SMILES string of the molecule is O=C(O)c1cc(Br)cc(S(=O)(=O)NCc2ccco2)c1F. The summed E-state index contributed by atoms with van der Waals surface area (Å²) in [6, 6.07) is 5.10. The van der Waals surface area contributed by atoms with E-state index in [0.717, 1.165) is 12.1 Å². The third-order valence-electron chi connectivity index (χ3n) is 2.54. The molecule has 0 bridgehead atoms. The van der Waals surface area contributed by atoms with Gasteiger partial charge in [-0.1, -0.05) is 15.9 Å². The van der Waals surface area contributed by atoms with Crippen LogP contribution in [0.5, 0.6) is 0 Å². The average Bonchev–Trinajstić information content (AvgIpc) is 2.91.